The minimum Gasteiger partial charge on any atom is -0.348 e. The maximum atomic E-state index is 13.5. The molecule has 2 atom stereocenters. The SMILES string of the molecule is O=C(NC1CCCC1Cl)c1cc(Br)ccc1F. The number of hydrogen-bond donors (Lipinski definition) is 1. The molecule has 0 saturated heterocycles. The first kappa shape index (κ1) is 12.8. The third-order valence-electron chi connectivity index (χ3n) is 2.92. The van der Waals surface area contributed by atoms with E-state index in [1.807, 2.05) is 0 Å². The van der Waals surface area contributed by atoms with Crippen LogP contribution < -0.4 is 5.32 Å². The fourth-order valence-corrected chi connectivity index (χ4v) is 2.70. The van der Waals surface area contributed by atoms with Crippen LogP contribution in [0.5, 0.6) is 0 Å². The van der Waals surface area contributed by atoms with Crippen LogP contribution in [0, 0.1) is 5.82 Å². The number of amides is 1. The van der Waals surface area contributed by atoms with Crippen LogP contribution in [0.15, 0.2) is 22.7 Å². The Kier molecular flexibility index (Phi) is 4.05. The lowest BCUT2D eigenvalue weighted by atomic mass is 10.1. The summed E-state index contributed by atoms with van der Waals surface area (Å²) in [5.41, 5.74) is 0.0511. The van der Waals surface area contributed by atoms with Crippen LogP contribution in [-0.4, -0.2) is 17.3 Å². The average Bonchev–Trinajstić information content (AvgIpc) is 2.68. The lowest BCUT2D eigenvalue weighted by Crippen LogP contribution is -2.38. The smallest absolute Gasteiger partial charge is 0.254 e. The monoisotopic (exact) mass is 319 g/mol. The summed E-state index contributed by atoms with van der Waals surface area (Å²) in [5, 5.41) is 2.73. The van der Waals surface area contributed by atoms with Gasteiger partial charge in [-0.1, -0.05) is 15.9 Å². The fraction of sp³-hybridized carbons (Fsp3) is 0.417. The van der Waals surface area contributed by atoms with Crippen molar-refractivity contribution in [3.05, 3.63) is 34.1 Å². The molecule has 2 nitrogen and oxygen atoms in total. The summed E-state index contributed by atoms with van der Waals surface area (Å²) in [5.74, 6) is -0.920. The molecule has 1 N–H and O–H groups in total. The van der Waals surface area contributed by atoms with Gasteiger partial charge in [0.1, 0.15) is 5.82 Å². The Labute approximate surface area is 113 Å². The quantitative estimate of drug-likeness (QED) is 0.831. The number of carbonyl (C=O) groups excluding carboxylic acids is 1. The summed E-state index contributed by atoms with van der Waals surface area (Å²) in [7, 11) is 0. The van der Waals surface area contributed by atoms with Crippen molar-refractivity contribution < 1.29 is 9.18 Å². The second-order valence-corrected chi connectivity index (χ2v) is 5.63. The summed E-state index contributed by atoms with van der Waals surface area (Å²) in [6.07, 6.45) is 2.75. The molecule has 17 heavy (non-hydrogen) atoms. The molecule has 2 unspecified atom stereocenters. The van der Waals surface area contributed by atoms with Crippen LogP contribution in [0.4, 0.5) is 4.39 Å². The number of carbonyl (C=O) groups is 1. The predicted octanol–water partition coefficient (Wildman–Crippen LogP) is 3.48. The second-order valence-electron chi connectivity index (χ2n) is 4.15. The molecule has 0 bridgehead atoms. The van der Waals surface area contributed by atoms with Crippen molar-refractivity contribution in [3.63, 3.8) is 0 Å². The standard InChI is InChI=1S/C12H12BrClFNO/c13-7-4-5-10(15)8(6-7)12(17)16-11-3-1-2-9(11)14/h4-6,9,11H,1-3H2,(H,16,17). The third kappa shape index (κ3) is 2.99. The van der Waals surface area contributed by atoms with E-state index in [4.69, 9.17) is 11.6 Å². The zero-order valence-corrected chi connectivity index (χ0v) is 11.4. The van der Waals surface area contributed by atoms with E-state index < -0.39 is 11.7 Å². The minimum atomic E-state index is -0.519. The molecule has 1 aliphatic carbocycles. The molecular weight excluding hydrogens is 308 g/mol. The summed E-state index contributed by atoms with van der Waals surface area (Å²) >= 11 is 9.28. The Morgan fingerprint density at radius 1 is 1.47 bits per heavy atom. The van der Waals surface area contributed by atoms with E-state index in [1.54, 1.807) is 6.07 Å². The molecule has 1 saturated carbocycles. The molecule has 0 spiro atoms. The molecule has 1 amide bonds. The van der Waals surface area contributed by atoms with Gasteiger partial charge in [-0.05, 0) is 37.5 Å². The first-order valence-corrected chi connectivity index (χ1v) is 6.71. The van der Waals surface area contributed by atoms with E-state index >= 15 is 0 Å². The van der Waals surface area contributed by atoms with Gasteiger partial charge in [0.15, 0.2) is 0 Å². The molecular formula is C12H12BrClFNO. The van der Waals surface area contributed by atoms with E-state index in [0.717, 1.165) is 19.3 Å². The lowest BCUT2D eigenvalue weighted by molar-refractivity contribution is 0.0934. The number of halogens is 3. The van der Waals surface area contributed by atoms with Gasteiger partial charge in [-0.3, -0.25) is 4.79 Å². The number of rotatable bonds is 2. The maximum Gasteiger partial charge on any atom is 0.254 e. The molecule has 2 rings (SSSR count). The summed E-state index contributed by atoms with van der Waals surface area (Å²) < 4.78 is 14.2. The largest absolute Gasteiger partial charge is 0.348 e. The second kappa shape index (κ2) is 5.36. The van der Waals surface area contributed by atoms with Crippen LogP contribution >= 0.6 is 27.5 Å². The van der Waals surface area contributed by atoms with E-state index in [0.29, 0.717) is 4.47 Å². The minimum absolute atomic E-state index is 0.0471. The molecule has 1 aromatic carbocycles. The van der Waals surface area contributed by atoms with Crippen molar-refractivity contribution in [1.82, 2.24) is 5.32 Å². The van der Waals surface area contributed by atoms with Gasteiger partial charge in [0.25, 0.3) is 5.91 Å². The highest BCUT2D eigenvalue weighted by atomic mass is 79.9. The first-order chi connectivity index (χ1) is 8.08. The van der Waals surface area contributed by atoms with Gasteiger partial charge in [-0.2, -0.15) is 0 Å². The van der Waals surface area contributed by atoms with Crippen LogP contribution in [0.2, 0.25) is 0 Å². The molecule has 0 aromatic heterocycles. The summed E-state index contributed by atoms with van der Waals surface area (Å²) in [6, 6.07) is 4.25. The highest BCUT2D eigenvalue weighted by Gasteiger charge is 2.27. The van der Waals surface area contributed by atoms with Crippen LogP contribution in [0.25, 0.3) is 0 Å². The highest BCUT2D eigenvalue weighted by molar-refractivity contribution is 9.10. The zero-order chi connectivity index (χ0) is 12.4. The Hall–Kier alpha value is -0.610. The Morgan fingerprint density at radius 3 is 2.88 bits per heavy atom. The number of benzene rings is 1. The predicted molar refractivity (Wildman–Crippen MR) is 68.8 cm³/mol. The molecule has 5 heteroatoms. The third-order valence-corrected chi connectivity index (χ3v) is 3.94. The van der Waals surface area contributed by atoms with Crippen molar-refractivity contribution >= 4 is 33.4 Å². The molecule has 0 heterocycles. The van der Waals surface area contributed by atoms with E-state index in [1.165, 1.54) is 12.1 Å². The van der Waals surface area contributed by atoms with Gasteiger partial charge in [0.2, 0.25) is 0 Å². The van der Waals surface area contributed by atoms with E-state index in [9.17, 15) is 9.18 Å². The number of alkyl halides is 1. The molecule has 1 aromatic rings. The molecule has 1 aliphatic rings. The molecule has 0 radical (unpaired) electrons. The van der Waals surface area contributed by atoms with E-state index in [-0.39, 0.29) is 17.0 Å². The van der Waals surface area contributed by atoms with Gasteiger partial charge in [0.05, 0.1) is 10.9 Å². The number of nitrogens with one attached hydrogen (secondary N) is 1. The van der Waals surface area contributed by atoms with Crippen LogP contribution in [-0.2, 0) is 0 Å². The van der Waals surface area contributed by atoms with Crippen LogP contribution in [0.1, 0.15) is 29.6 Å². The first-order valence-electron chi connectivity index (χ1n) is 5.48. The Morgan fingerprint density at radius 2 is 2.24 bits per heavy atom. The fourth-order valence-electron chi connectivity index (χ4n) is 2.00. The van der Waals surface area contributed by atoms with Crippen molar-refractivity contribution in [1.29, 1.82) is 0 Å². The van der Waals surface area contributed by atoms with Crippen molar-refractivity contribution in [2.75, 3.05) is 0 Å². The zero-order valence-electron chi connectivity index (χ0n) is 9.05. The van der Waals surface area contributed by atoms with Gasteiger partial charge >= 0.3 is 0 Å². The number of hydrogen-bond acceptors (Lipinski definition) is 1. The van der Waals surface area contributed by atoms with Gasteiger partial charge in [0, 0.05) is 10.5 Å². The van der Waals surface area contributed by atoms with Crippen molar-refractivity contribution in [2.24, 2.45) is 0 Å². The normalized spacial score (nSPS) is 23.7. The van der Waals surface area contributed by atoms with Gasteiger partial charge in [-0.15, -0.1) is 11.6 Å². The van der Waals surface area contributed by atoms with Crippen molar-refractivity contribution in [3.8, 4) is 0 Å². The lowest BCUT2D eigenvalue weighted by Gasteiger charge is -2.16. The molecule has 1 fully saturated rings. The Balaban J connectivity index is 2.11. The van der Waals surface area contributed by atoms with Gasteiger partial charge < -0.3 is 5.32 Å². The summed E-state index contributed by atoms with van der Waals surface area (Å²) in [6.45, 7) is 0. The van der Waals surface area contributed by atoms with Crippen molar-refractivity contribution in [2.45, 2.75) is 30.7 Å². The van der Waals surface area contributed by atoms with Gasteiger partial charge in [-0.25, -0.2) is 4.39 Å². The topological polar surface area (TPSA) is 29.1 Å². The maximum absolute atomic E-state index is 13.5. The highest BCUT2D eigenvalue weighted by Crippen LogP contribution is 2.24. The molecule has 92 valence electrons. The Bertz CT molecular complexity index is 441. The average molecular weight is 321 g/mol. The van der Waals surface area contributed by atoms with Crippen LogP contribution in [0.3, 0.4) is 0 Å². The summed E-state index contributed by atoms with van der Waals surface area (Å²) in [4.78, 5) is 11.9. The van der Waals surface area contributed by atoms with E-state index in [2.05, 4.69) is 21.2 Å². The molecule has 0 aliphatic heterocycles.